The van der Waals surface area contributed by atoms with Crippen LogP contribution in [0.5, 0.6) is 5.75 Å². The first-order chi connectivity index (χ1) is 6.42. The molecule has 3 nitrogen and oxygen atoms in total. The predicted octanol–water partition coefficient (Wildman–Crippen LogP) is 2.10. The van der Waals surface area contributed by atoms with Crippen molar-refractivity contribution in [2.45, 2.75) is 13.3 Å². The zero-order chi connectivity index (χ0) is 10.8. The van der Waals surface area contributed by atoms with Gasteiger partial charge in [0, 0.05) is 0 Å². The number of ether oxygens (including phenoxy) is 1. The Labute approximate surface area is 77.5 Å². The van der Waals surface area contributed by atoms with Crippen LogP contribution in [-0.2, 0) is 0 Å². The monoisotopic (exact) mass is 205 g/mol. The van der Waals surface area contributed by atoms with Gasteiger partial charge in [0.1, 0.15) is 5.69 Å². The number of rotatable bonds is 2. The molecule has 14 heavy (non-hydrogen) atoms. The molecular weight excluding hydrogens is 199 g/mol. The van der Waals surface area contributed by atoms with Crippen molar-refractivity contribution in [3.63, 3.8) is 0 Å². The minimum atomic E-state index is -4.74. The Morgan fingerprint density at radius 2 is 2.07 bits per heavy atom. The van der Waals surface area contributed by atoms with Gasteiger partial charge in [0.15, 0.2) is 12.0 Å². The molecule has 1 heterocycles. The number of aryl methyl sites for hydroxylation is 1. The van der Waals surface area contributed by atoms with Crippen molar-refractivity contribution in [1.29, 1.82) is 0 Å². The summed E-state index contributed by atoms with van der Waals surface area (Å²) in [6.45, 7) is 1.33. The van der Waals surface area contributed by atoms with E-state index in [1.54, 1.807) is 0 Å². The van der Waals surface area contributed by atoms with Gasteiger partial charge in [-0.2, -0.15) is 0 Å². The first kappa shape index (κ1) is 10.5. The average Bonchev–Trinajstić information content (AvgIpc) is 2.06. The Bertz CT molecular complexity index is 349. The molecule has 6 heteroatoms. The summed E-state index contributed by atoms with van der Waals surface area (Å²) in [4.78, 5) is 13.8. The van der Waals surface area contributed by atoms with Gasteiger partial charge < -0.3 is 4.74 Å². The summed E-state index contributed by atoms with van der Waals surface area (Å²) in [5.41, 5.74) is 0.0870. The number of carbonyl (C=O) groups is 1. The average molecular weight is 205 g/mol. The molecule has 0 aliphatic rings. The van der Waals surface area contributed by atoms with Crippen LogP contribution < -0.4 is 4.74 Å². The van der Waals surface area contributed by atoms with Gasteiger partial charge in [0.05, 0.1) is 5.69 Å². The summed E-state index contributed by atoms with van der Waals surface area (Å²) in [7, 11) is 0. The van der Waals surface area contributed by atoms with Crippen LogP contribution in [0.3, 0.4) is 0 Å². The third-order valence-electron chi connectivity index (χ3n) is 1.41. The molecule has 76 valence electrons. The molecule has 1 aromatic heterocycles. The Kier molecular flexibility index (Phi) is 2.73. The number of aldehydes is 1. The Balaban J connectivity index is 2.95. The maximum atomic E-state index is 11.8. The number of alkyl halides is 3. The van der Waals surface area contributed by atoms with E-state index < -0.39 is 12.1 Å². The normalized spacial score (nSPS) is 11.1. The van der Waals surface area contributed by atoms with Gasteiger partial charge in [0.25, 0.3) is 0 Å². The van der Waals surface area contributed by atoms with Crippen molar-refractivity contribution in [1.82, 2.24) is 4.98 Å². The third kappa shape index (κ3) is 2.72. The highest BCUT2D eigenvalue weighted by molar-refractivity contribution is 5.71. The topological polar surface area (TPSA) is 39.2 Å². The molecule has 0 bridgehead atoms. The van der Waals surface area contributed by atoms with Gasteiger partial charge in [-0.3, -0.25) is 4.79 Å². The fourth-order valence-corrected chi connectivity index (χ4v) is 0.866. The molecule has 0 aliphatic heterocycles. The minimum Gasteiger partial charge on any atom is -0.404 e. The molecule has 0 aromatic carbocycles. The lowest BCUT2D eigenvalue weighted by Crippen LogP contribution is -2.18. The minimum absolute atomic E-state index is 0.0203. The van der Waals surface area contributed by atoms with E-state index in [0.717, 1.165) is 12.1 Å². The molecule has 0 unspecified atom stereocenters. The predicted molar refractivity (Wildman–Crippen MR) is 41.0 cm³/mol. The van der Waals surface area contributed by atoms with Gasteiger partial charge >= 0.3 is 6.36 Å². The number of pyridine rings is 1. The Morgan fingerprint density at radius 1 is 1.43 bits per heavy atom. The van der Waals surface area contributed by atoms with Crippen LogP contribution in [0.4, 0.5) is 13.2 Å². The van der Waals surface area contributed by atoms with Crippen LogP contribution in [0.1, 0.15) is 16.2 Å². The number of hydrogen-bond acceptors (Lipinski definition) is 3. The molecule has 0 fully saturated rings. The van der Waals surface area contributed by atoms with Crippen LogP contribution in [-0.4, -0.2) is 17.6 Å². The molecule has 0 saturated carbocycles. The van der Waals surface area contributed by atoms with Crippen molar-refractivity contribution in [3.05, 3.63) is 23.5 Å². The van der Waals surface area contributed by atoms with Crippen molar-refractivity contribution in [2.75, 3.05) is 0 Å². The smallest absolute Gasteiger partial charge is 0.404 e. The van der Waals surface area contributed by atoms with Crippen molar-refractivity contribution in [2.24, 2.45) is 0 Å². The quantitative estimate of drug-likeness (QED) is 0.694. The maximum absolute atomic E-state index is 11.8. The number of carbonyl (C=O) groups excluding carboxylic acids is 1. The summed E-state index contributed by atoms with van der Waals surface area (Å²) >= 11 is 0. The summed E-state index contributed by atoms with van der Waals surface area (Å²) in [5.74, 6) is -0.400. The van der Waals surface area contributed by atoms with Gasteiger partial charge in [-0.05, 0) is 19.1 Å². The second-order valence-electron chi connectivity index (χ2n) is 2.49. The molecule has 0 saturated heterocycles. The Hall–Kier alpha value is -1.59. The molecule has 0 aliphatic carbocycles. The van der Waals surface area contributed by atoms with Gasteiger partial charge in [0.2, 0.25) is 0 Å². The maximum Gasteiger partial charge on any atom is 0.573 e. The van der Waals surface area contributed by atoms with Crippen LogP contribution in [0.15, 0.2) is 12.1 Å². The summed E-state index contributed by atoms with van der Waals surface area (Å²) < 4.78 is 39.0. The van der Waals surface area contributed by atoms with Crippen molar-refractivity contribution < 1.29 is 22.7 Å². The second-order valence-corrected chi connectivity index (χ2v) is 2.49. The van der Waals surface area contributed by atoms with Crippen LogP contribution >= 0.6 is 0 Å². The number of nitrogens with zero attached hydrogens (tertiary/aromatic N) is 1. The van der Waals surface area contributed by atoms with E-state index in [1.807, 2.05) is 0 Å². The number of hydrogen-bond donors (Lipinski definition) is 0. The lowest BCUT2D eigenvalue weighted by atomic mass is 10.3. The largest absolute Gasteiger partial charge is 0.573 e. The van der Waals surface area contributed by atoms with Crippen LogP contribution in [0, 0.1) is 6.92 Å². The van der Waals surface area contributed by atoms with Gasteiger partial charge in [-0.15, -0.1) is 13.2 Å². The number of halogens is 3. The zero-order valence-electron chi connectivity index (χ0n) is 7.13. The van der Waals surface area contributed by atoms with Crippen LogP contribution in [0.2, 0.25) is 0 Å². The summed E-state index contributed by atoms with van der Waals surface area (Å²) in [6, 6.07) is 2.21. The molecule has 0 N–H and O–H groups in total. The molecular formula is C8H6F3NO2. The van der Waals surface area contributed by atoms with Crippen molar-refractivity contribution >= 4 is 6.29 Å². The second kappa shape index (κ2) is 3.65. The molecule has 0 amide bonds. The van der Waals surface area contributed by atoms with E-state index in [9.17, 15) is 18.0 Å². The number of aromatic nitrogens is 1. The fraction of sp³-hybridized carbons (Fsp3) is 0.250. The first-order valence-electron chi connectivity index (χ1n) is 3.61. The highest BCUT2D eigenvalue weighted by Gasteiger charge is 2.31. The summed E-state index contributed by atoms with van der Waals surface area (Å²) in [5, 5.41) is 0. The lowest BCUT2D eigenvalue weighted by molar-refractivity contribution is -0.275. The van der Waals surface area contributed by atoms with Crippen LogP contribution in [0.25, 0.3) is 0 Å². The lowest BCUT2D eigenvalue weighted by Gasteiger charge is -2.10. The van der Waals surface area contributed by atoms with E-state index in [-0.39, 0.29) is 11.4 Å². The van der Waals surface area contributed by atoms with E-state index >= 15 is 0 Å². The van der Waals surface area contributed by atoms with E-state index in [4.69, 9.17) is 0 Å². The standard InChI is InChI=1S/C8H6F3NO2/c1-5-7(14-8(9,10)11)3-2-6(4-13)12-5/h2-4H,1H3. The Morgan fingerprint density at radius 3 is 2.50 bits per heavy atom. The van der Waals surface area contributed by atoms with Crippen molar-refractivity contribution in [3.8, 4) is 5.75 Å². The van der Waals surface area contributed by atoms with E-state index in [2.05, 4.69) is 9.72 Å². The zero-order valence-corrected chi connectivity index (χ0v) is 7.13. The fourth-order valence-electron chi connectivity index (χ4n) is 0.866. The van der Waals surface area contributed by atoms with Gasteiger partial charge in [-0.1, -0.05) is 0 Å². The highest BCUT2D eigenvalue weighted by atomic mass is 19.4. The highest BCUT2D eigenvalue weighted by Crippen LogP contribution is 2.24. The molecule has 0 spiro atoms. The molecule has 0 atom stereocenters. The molecule has 0 radical (unpaired) electrons. The van der Waals surface area contributed by atoms with E-state index in [1.165, 1.54) is 6.92 Å². The molecule has 1 aromatic rings. The first-order valence-corrected chi connectivity index (χ1v) is 3.61. The summed E-state index contributed by atoms with van der Waals surface area (Å²) in [6.07, 6.45) is -4.29. The van der Waals surface area contributed by atoms with Gasteiger partial charge in [-0.25, -0.2) is 4.98 Å². The molecule has 1 rings (SSSR count). The third-order valence-corrected chi connectivity index (χ3v) is 1.41. The van der Waals surface area contributed by atoms with E-state index in [0.29, 0.717) is 6.29 Å². The SMILES string of the molecule is Cc1nc(C=O)ccc1OC(F)(F)F.